The fourth-order valence-corrected chi connectivity index (χ4v) is 5.46. The number of nitrogens with two attached hydrogens (primary N) is 1. The minimum absolute atomic E-state index is 0.112. The Morgan fingerprint density at radius 2 is 2.17 bits per heavy atom. The summed E-state index contributed by atoms with van der Waals surface area (Å²) in [4.78, 5) is 30.7. The average molecular weight is 489 g/mol. The van der Waals surface area contributed by atoms with Gasteiger partial charge in [-0.05, 0) is 24.6 Å². The minimum atomic E-state index is -0.514. The summed E-state index contributed by atoms with van der Waals surface area (Å²) in [5, 5.41) is 1.07. The Hall–Kier alpha value is -1.36. The van der Waals surface area contributed by atoms with Crippen molar-refractivity contribution in [2.24, 2.45) is 5.73 Å². The first kappa shape index (κ1) is 23.3. The van der Waals surface area contributed by atoms with Crippen LogP contribution in [0.5, 0.6) is 0 Å². The summed E-state index contributed by atoms with van der Waals surface area (Å²) in [6.45, 7) is 6.39. The van der Waals surface area contributed by atoms with Gasteiger partial charge >= 0.3 is 0 Å². The number of primary amides is 1. The third-order valence-electron chi connectivity index (χ3n) is 4.52. The van der Waals surface area contributed by atoms with Crippen molar-refractivity contribution < 1.29 is 14.3 Å². The number of aromatic nitrogens is 1. The third-order valence-corrected chi connectivity index (χ3v) is 7.58. The van der Waals surface area contributed by atoms with E-state index in [0.717, 1.165) is 18.7 Å². The molecule has 0 radical (unpaired) electrons. The second-order valence-corrected chi connectivity index (χ2v) is 9.99. The normalized spacial score (nSPS) is 17.1. The van der Waals surface area contributed by atoms with Gasteiger partial charge in [0, 0.05) is 38.5 Å². The number of nitrogens with zero attached hydrogens (tertiary/aromatic N) is 3. The summed E-state index contributed by atoms with van der Waals surface area (Å²) in [6.07, 6.45) is -0.144. The van der Waals surface area contributed by atoms with Crippen LogP contribution >= 0.6 is 46.5 Å². The molecule has 0 saturated carbocycles. The number of halogens is 2. The van der Waals surface area contributed by atoms with Gasteiger partial charge in [-0.3, -0.25) is 18.8 Å². The van der Waals surface area contributed by atoms with Crippen molar-refractivity contribution in [3.05, 3.63) is 44.4 Å². The summed E-state index contributed by atoms with van der Waals surface area (Å²) >= 11 is 14.5. The zero-order valence-electron chi connectivity index (χ0n) is 16.6. The molecule has 1 aromatic heterocycles. The maximum absolute atomic E-state index is 12.2. The van der Waals surface area contributed by atoms with Crippen molar-refractivity contribution in [3.63, 3.8) is 0 Å². The number of carbonyl (C=O) groups is 2. The SMILES string of the molecule is CC(=O)N(C[C@@H]1CN(Cc2ccc(Cl)c(Cl)c2)CCO1)Sc1nc(C)c(C(N)=O)s1. The lowest BCUT2D eigenvalue weighted by molar-refractivity contribution is -0.126. The van der Waals surface area contributed by atoms with Crippen molar-refractivity contribution in [1.29, 1.82) is 0 Å². The van der Waals surface area contributed by atoms with Crippen molar-refractivity contribution in [2.75, 3.05) is 26.2 Å². The maximum Gasteiger partial charge on any atom is 0.260 e. The monoisotopic (exact) mass is 488 g/mol. The standard InChI is InChI=1S/C19H22Cl2N4O3S2/c1-11-17(18(22)27)29-19(23-11)30-25(12(2)26)10-14-9-24(5-6-28-14)8-13-3-4-15(20)16(21)7-13/h3-4,7,14H,5-6,8-10H2,1-2H3,(H2,22,27)/t14-/m0/s1. The second-order valence-electron chi connectivity index (χ2n) is 6.91. The van der Waals surface area contributed by atoms with E-state index < -0.39 is 5.91 Å². The molecule has 0 aliphatic carbocycles. The van der Waals surface area contributed by atoms with Crippen LogP contribution in [0.3, 0.4) is 0 Å². The van der Waals surface area contributed by atoms with E-state index in [1.54, 1.807) is 17.3 Å². The largest absolute Gasteiger partial charge is 0.374 e. The van der Waals surface area contributed by atoms with Gasteiger partial charge in [0.05, 0.1) is 35.0 Å². The zero-order chi connectivity index (χ0) is 21.8. The molecule has 3 rings (SSSR count). The summed E-state index contributed by atoms with van der Waals surface area (Å²) < 4.78 is 8.09. The van der Waals surface area contributed by atoms with Crippen LogP contribution < -0.4 is 5.73 Å². The molecule has 0 unspecified atom stereocenters. The number of hydrogen-bond acceptors (Lipinski definition) is 7. The smallest absolute Gasteiger partial charge is 0.260 e. The predicted molar refractivity (Wildman–Crippen MR) is 120 cm³/mol. The second kappa shape index (κ2) is 10.3. The molecule has 1 aliphatic heterocycles. The molecular formula is C19H22Cl2N4O3S2. The van der Waals surface area contributed by atoms with Crippen LogP contribution in [0.15, 0.2) is 22.5 Å². The van der Waals surface area contributed by atoms with E-state index in [-0.39, 0.29) is 12.0 Å². The summed E-state index contributed by atoms with van der Waals surface area (Å²) in [5.41, 5.74) is 7.00. The van der Waals surface area contributed by atoms with Crippen molar-refractivity contribution in [3.8, 4) is 0 Å². The minimum Gasteiger partial charge on any atom is -0.374 e. The molecule has 2 aromatic rings. The topological polar surface area (TPSA) is 88.8 Å². The van der Waals surface area contributed by atoms with E-state index in [9.17, 15) is 9.59 Å². The number of morpholine rings is 1. The van der Waals surface area contributed by atoms with Crippen LogP contribution in [-0.2, 0) is 16.1 Å². The number of benzene rings is 1. The van der Waals surface area contributed by atoms with Gasteiger partial charge in [-0.1, -0.05) is 29.3 Å². The first-order chi connectivity index (χ1) is 14.2. The number of hydrogen-bond donors (Lipinski definition) is 1. The summed E-state index contributed by atoms with van der Waals surface area (Å²) in [5.74, 6) is -0.626. The number of ether oxygens (including phenoxy) is 1. The Bertz CT molecular complexity index is 940. The Labute approximate surface area is 193 Å². The molecule has 1 atom stereocenters. The molecule has 162 valence electrons. The number of carbonyl (C=O) groups excluding carboxylic acids is 2. The Balaban J connectivity index is 1.62. The molecule has 0 spiro atoms. The Morgan fingerprint density at radius 1 is 1.40 bits per heavy atom. The lowest BCUT2D eigenvalue weighted by atomic mass is 10.2. The molecule has 7 nitrogen and oxygen atoms in total. The molecule has 0 bridgehead atoms. The van der Waals surface area contributed by atoms with E-state index in [4.69, 9.17) is 33.7 Å². The lowest BCUT2D eigenvalue weighted by Gasteiger charge is -2.35. The van der Waals surface area contributed by atoms with Gasteiger partial charge in [0.25, 0.3) is 5.91 Å². The number of aryl methyl sites for hydroxylation is 1. The first-order valence-corrected chi connectivity index (χ1v) is 11.6. The fraction of sp³-hybridized carbons (Fsp3) is 0.421. The highest BCUT2D eigenvalue weighted by atomic mass is 35.5. The summed E-state index contributed by atoms with van der Waals surface area (Å²) in [7, 11) is 0. The third kappa shape index (κ3) is 6.09. The number of thiazole rings is 1. The quantitative estimate of drug-likeness (QED) is 0.598. The van der Waals surface area contributed by atoms with Crippen molar-refractivity contribution in [1.82, 2.24) is 14.2 Å². The zero-order valence-corrected chi connectivity index (χ0v) is 19.7. The van der Waals surface area contributed by atoms with Gasteiger partial charge in [0.15, 0.2) is 4.34 Å². The van der Waals surface area contributed by atoms with E-state index >= 15 is 0 Å². The highest BCUT2D eigenvalue weighted by molar-refractivity contribution is 7.99. The molecule has 1 fully saturated rings. The highest BCUT2D eigenvalue weighted by Gasteiger charge is 2.26. The van der Waals surface area contributed by atoms with Gasteiger partial charge in [0.1, 0.15) is 4.88 Å². The van der Waals surface area contributed by atoms with E-state index in [1.807, 2.05) is 12.1 Å². The van der Waals surface area contributed by atoms with E-state index in [0.29, 0.717) is 44.7 Å². The van der Waals surface area contributed by atoms with Crippen LogP contribution in [-0.4, -0.2) is 58.3 Å². The van der Waals surface area contributed by atoms with Crippen LogP contribution in [0.1, 0.15) is 27.9 Å². The Morgan fingerprint density at radius 3 is 2.80 bits per heavy atom. The number of rotatable bonds is 7. The Kier molecular flexibility index (Phi) is 8.00. The predicted octanol–water partition coefficient (Wildman–Crippen LogP) is 3.61. The summed E-state index contributed by atoms with van der Waals surface area (Å²) in [6, 6.07) is 5.62. The molecule has 1 saturated heterocycles. The van der Waals surface area contributed by atoms with E-state index in [1.165, 1.54) is 30.2 Å². The fourth-order valence-electron chi connectivity index (χ4n) is 3.08. The van der Waals surface area contributed by atoms with Gasteiger partial charge in [0.2, 0.25) is 5.91 Å². The molecule has 2 amide bonds. The van der Waals surface area contributed by atoms with Gasteiger partial charge in [-0.2, -0.15) is 0 Å². The molecule has 2 N–H and O–H groups in total. The molecule has 1 aliphatic rings. The van der Waals surface area contributed by atoms with E-state index in [2.05, 4.69) is 9.88 Å². The molecule has 11 heteroatoms. The van der Waals surface area contributed by atoms with Crippen molar-refractivity contribution in [2.45, 2.75) is 30.8 Å². The van der Waals surface area contributed by atoms with Crippen LogP contribution in [0.2, 0.25) is 10.0 Å². The van der Waals surface area contributed by atoms with Gasteiger partial charge < -0.3 is 10.5 Å². The maximum atomic E-state index is 12.2. The van der Waals surface area contributed by atoms with Crippen LogP contribution in [0.25, 0.3) is 0 Å². The lowest BCUT2D eigenvalue weighted by Crippen LogP contribution is -2.46. The van der Waals surface area contributed by atoms with Gasteiger partial charge in [-0.25, -0.2) is 4.98 Å². The molecular weight excluding hydrogens is 467 g/mol. The number of amides is 2. The van der Waals surface area contributed by atoms with Crippen molar-refractivity contribution >= 4 is 58.3 Å². The molecule has 1 aromatic carbocycles. The van der Waals surface area contributed by atoms with Crippen LogP contribution in [0, 0.1) is 6.92 Å². The van der Waals surface area contributed by atoms with Gasteiger partial charge in [-0.15, -0.1) is 11.3 Å². The van der Waals surface area contributed by atoms with Crippen LogP contribution in [0.4, 0.5) is 0 Å². The average Bonchev–Trinajstić information content (AvgIpc) is 3.05. The molecule has 30 heavy (non-hydrogen) atoms. The first-order valence-electron chi connectivity index (χ1n) is 9.24. The molecule has 2 heterocycles. The highest BCUT2D eigenvalue weighted by Crippen LogP contribution is 2.30.